The molecule has 0 aromatic heterocycles. The maximum absolute atomic E-state index is 12.0. The summed E-state index contributed by atoms with van der Waals surface area (Å²) in [6.07, 6.45) is 0. The first-order valence-corrected chi connectivity index (χ1v) is 6.11. The van der Waals surface area contributed by atoms with E-state index in [0.717, 1.165) is 28.0 Å². The van der Waals surface area contributed by atoms with E-state index in [4.69, 9.17) is 9.47 Å². The van der Waals surface area contributed by atoms with Gasteiger partial charge in [0, 0.05) is 0 Å². The molecule has 2 aromatic carbocycles. The van der Waals surface area contributed by atoms with Gasteiger partial charge in [0.15, 0.2) is 0 Å². The predicted molar refractivity (Wildman–Crippen MR) is 72.3 cm³/mol. The van der Waals surface area contributed by atoms with E-state index in [9.17, 15) is 4.79 Å². The van der Waals surface area contributed by atoms with Crippen LogP contribution in [-0.4, -0.2) is 20.2 Å². The normalized spacial score (nSPS) is 15.6. The number of fused-ring (bicyclic) bond motifs is 3. The van der Waals surface area contributed by atoms with E-state index < -0.39 is 0 Å². The molecule has 0 heterocycles. The highest BCUT2D eigenvalue weighted by atomic mass is 16.5. The van der Waals surface area contributed by atoms with Crippen LogP contribution in [0.3, 0.4) is 0 Å². The van der Waals surface area contributed by atoms with Gasteiger partial charge < -0.3 is 9.47 Å². The van der Waals surface area contributed by atoms with Gasteiger partial charge in [0.1, 0.15) is 11.7 Å². The number of carbonyl (C=O) groups excluding carboxylic acids is 1. The Morgan fingerprint density at radius 3 is 2.47 bits per heavy atom. The third-order valence-electron chi connectivity index (χ3n) is 3.57. The maximum atomic E-state index is 12.0. The summed E-state index contributed by atoms with van der Waals surface area (Å²) in [5.74, 6) is 0.234. The van der Waals surface area contributed by atoms with Crippen molar-refractivity contribution in [2.45, 2.75) is 5.92 Å². The average Bonchev–Trinajstić information content (AvgIpc) is 2.80. The SMILES string of the molecule is COC(=O)C1c2ccccc2-c2cc(OC)ccc21. The van der Waals surface area contributed by atoms with E-state index >= 15 is 0 Å². The van der Waals surface area contributed by atoms with Crippen molar-refractivity contribution in [1.29, 1.82) is 0 Å². The van der Waals surface area contributed by atoms with Crippen LogP contribution < -0.4 is 4.74 Å². The minimum absolute atomic E-state index is 0.226. The Bertz CT molecular complexity index is 646. The molecule has 1 aliphatic carbocycles. The quantitative estimate of drug-likeness (QED) is 0.773. The summed E-state index contributed by atoms with van der Waals surface area (Å²) in [4.78, 5) is 12.0. The van der Waals surface area contributed by atoms with Crippen LogP contribution in [0.5, 0.6) is 5.75 Å². The van der Waals surface area contributed by atoms with E-state index in [1.165, 1.54) is 7.11 Å². The van der Waals surface area contributed by atoms with Crippen LogP contribution in [0, 0.1) is 0 Å². The van der Waals surface area contributed by atoms with Gasteiger partial charge in [-0.25, -0.2) is 0 Å². The Morgan fingerprint density at radius 1 is 1.00 bits per heavy atom. The summed E-state index contributed by atoms with van der Waals surface area (Å²) in [7, 11) is 3.06. The molecule has 0 aliphatic heterocycles. The molecule has 1 unspecified atom stereocenters. The lowest BCUT2D eigenvalue weighted by molar-refractivity contribution is -0.141. The Hall–Kier alpha value is -2.29. The fraction of sp³-hybridized carbons (Fsp3) is 0.188. The number of benzene rings is 2. The number of esters is 1. The molecule has 0 N–H and O–H groups in total. The van der Waals surface area contributed by atoms with Gasteiger partial charge in [-0.15, -0.1) is 0 Å². The highest BCUT2D eigenvalue weighted by Gasteiger charge is 2.34. The zero-order valence-electron chi connectivity index (χ0n) is 10.8. The molecule has 3 nitrogen and oxygen atoms in total. The van der Waals surface area contributed by atoms with E-state index in [1.807, 2.05) is 42.5 Å². The summed E-state index contributed by atoms with van der Waals surface area (Å²) < 4.78 is 10.2. The van der Waals surface area contributed by atoms with Crippen molar-refractivity contribution < 1.29 is 14.3 Å². The van der Waals surface area contributed by atoms with E-state index in [2.05, 4.69) is 0 Å². The lowest BCUT2D eigenvalue weighted by Crippen LogP contribution is -2.13. The van der Waals surface area contributed by atoms with Crippen molar-refractivity contribution in [2.75, 3.05) is 14.2 Å². The first-order valence-electron chi connectivity index (χ1n) is 6.11. The van der Waals surface area contributed by atoms with Gasteiger partial charge >= 0.3 is 5.97 Å². The van der Waals surface area contributed by atoms with Gasteiger partial charge in [-0.1, -0.05) is 30.3 Å². The van der Waals surface area contributed by atoms with Crippen molar-refractivity contribution >= 4 is 5.97 Å². The molecular formula is C16H14O3. The van der Waals surface area contributed by atoms with Crippen molar-refractivity contribution in [3.8, 4) is 16.9 Å². The second kappa shape index (κ2) is 4.43. The third-order valence-corrected chi connectivity index (χ3v) is 3.57. The second-order valence-corrected chi connectivity index (χ2v) is 4.50. The van der Waals surface area contributed by atoms with Crippen molar-refractivity contribution in [3.05, 3.63) is 53.6 Å². The summed E-state index contributed by atoms with van der Waals surface area (Å²) in [5, 5.41) is 0. The first-order chi connectivity index (χ1) is 9.26. The van der Waals surface area contributed by atoms with Crippen LogP contribution in [0.2, 0.25) is 0 Å². The van der Waals surface area contributed by atoms with Crippen molar-refractivity contribution in [1.82, 2.24) is 0 Å². The summed E-state index contributed by atoms with van der Waals surface area (Å²) in [6.45, 7) is 0. The van der Waals surface area contributed by atoms with Crippen LogP contribution in [0.1, 0.15) is 17.0 Å². The lowest BCUT2D eigenvalue weighted by atomic mass is 9.97. The monoisotopic (exact) mass is 254 g/mol. The Labute approximate surface area is 111 Å². The number of methoxy groups -OCH3 is 2. The van der Waals surface area contributed by atoms with E-state index in [-0.39, 0.29) is 11.9 Å². The molecular weight excluding hydrogens is 240 g/mol. The molecule has 0 saturated heterocycles. The zero-order valence-corrected chi connectivity index (χ0v) is 10.8. The number of hydrogen-bond acceptors (Lipinski definition) is 3. The number of carbonyl (C=O) groups is 1. The van der Waals surface area contributed by atoms with Crippen LogP contribution in [0.25, 0.3) is 11.1 Å². The molecule has 0 spiro atoms. The molecule has 0 saturated carbocycles. The highest BCUT2D eigenvalue weighted by Crippen LogP contribution is 2.46. The minimum atomic E-state index is -0.331. The van der Waals surface area contributed by atoms with E-state index in [0.29, 0.717) is 0 Å². The topological polar surface area (TPSA) is 35.5 Å². The fourth-order valence-corrected chi connectivity index (χ4v) is 2.68. The zero-order chi connectivity index (χ0) is 13.4. The molecule has 0 bridgehead atoms. The molecule has 2 aromatic rings. The van der Waals surface area contributed by atoms with Gasteiger partial charge in [0.05, 0.1) is 14.2 Å². The molecule has 3 rings (SSSR count). The number of ether oxygens (including phenoxy) is 2. The van der Waals surface area contributed by atoms with Gasteiger partial charge in [-0.2, -0.15) is 0 Å². The maximum Gasteiger partial charge on any atom is 0.317 e. The minimum Gasteiger partial charge on any atom is -0.497 e. The highest BCUT2D eigenvalue weighted by molar-refractivity contribution is 5.93. The summed E-state index contributed by atoms with van der Waals surface area (Å²) >= 11 is 0. The van der Waals surface area contributed by atoms with Gasteiger partial charge in [-0.3, -0.25) is 4.79 Å². The first kappa shape index (κ1) is 11.8. The third kappa shape index (κ3) is 1.70. The average molecular weight is 254 g/mol. The molecule has 0 radical (unpaired) electrons. The fourth-order valence-electron chi connectivity index (χ4n) is 2.68. The van der Waals surface area contributed by atoms with Crippen molar-refractivity contribution in [3.63, 3.8) is 0 Å². The largest absolute Gasteiger partial charge is 0.497 e. The molecule has 0 fully saturated rings. The standard InChI is InChI=1S/C16H14O3/c1-18-10-7-8-13-14(9-10)11-5-3-4-6-12(11)15(13)16(17)19-2/h3-9,15H,1-2H3. The van der Waals surface area contributed by atoms with Crippen LogP contribution >= 0.6 is 0 Å². The van der Waals surface area contributed by atoms with Gasteiger partial charge in [-0.05, 0) is 34.4 Å². The molecule has 96 valence electrons. The molecule has 0 amide bonds. The lowest BCUT2D eigenvalue weighted by Gasteiger charge is -2.10. The Morgan fingerprint density at radius 2 is 1.74 bits per heavy atom. The van der Waals surface area contributed by atoms with Crippen LogP contribution in [0.4, 0.5) is 0 Å². The summed E-state index contributed by atoms with van der Waals surface area (Å²) in [5.41, 5.74) is 4.10. The number of rotatable bonds is 2. The van der Waals surface area contributed by atoms with Gasteiger partial charge in [0.25, 0.3) is 0 Å². The molecule has 1 atom stereocenters. The summed E-state index contributed by atoms with van der Waals surface area (Å²) in [6, 6.07) is 13.7. The predicted octanol–water partition coefficient (Wildman–Crippen LogP) is 2.98. The van der Waals surface area contributed by atoms with E-state index in [1.54, 1.807) is 7.11 Å². The van der Waals surface area contributed by atoms with Crippen LogP contribution in [0.15, 0.2) is 42.5 Å². The second-order valence-electron chi connectivity index (χ2n) is 4.50. The Balaban J connectivity index is 2.24. The molecule has 1 aliphatic rings. The number of hydrogen-bond donors (Lipinski definition) is 0. The Kier molecular flexibility index (Phi) is 2.75. The van der Waals surface area contributed by atoms with Crippen LogP contribution in [-0.2, 0) is 9.53 Å². The molecule has 19 heavy (non-hydrogen) atoms. The smallest absolute Gasteiger partial charge is 0.317 e. The van der Waals surface area contributed by atoms with Gasteiger partial charge in [0.2, 0.25) is 0 Å². The van der Waals surface area contributed by atoms with Crippen molar-refractivity contribution in [2.24, 2.45) is 0 Å². The molecule has 3 heteroatoms.